The standard InChI is InChI=1S/C27H32N2O4S/c1-20(2)22-12-14-24(15-13-22)29(34(31,32)25-16-10-21(3)11-17-25)19-27(30)28(4)18-23-8-6-7-9-26(23)33-5/h6-17,20H,18-19H2,1-5H3. The van der Waals surface area contributed by atoms with E-state index < -0.39 is 10.0 Å². The van der Waals surface area contributed by atoms with Gasteiger partial charge in [-0.05, 0) is 48.7 Å². The lowest BCUT2D eigenvalue weighted by molar-refractivity contribution is -0.128. The van der Waals surface area contributed by atoms with Gasteiger partial charge in [0.1, 0.15) is 12.3 Å². The lowest BCUT2D eigenvalue weighted by atomic mass is 10.0. The van der Waals surface area contributed by atoms with Gasteiger partial charge in [-0.25, -0.2) is 8.42 Å². The Morgan fingerprint density at radius 3 is 2.15 bits per heavy atom. The molecule has 0 unspecified atom stereocenters. The predicted molar refractivity (Wildman–Crippen MR) is 136 cm³/mol. The minimum absolute atomic E-state index is 0.145. The van der Waals surface area contributed by atoms with Crippen molar-refractivity contribution in [2.75, 3.05) is 25.0 Å². The zero-order valence-electron chi connectivity index (χ0n) is 20.4. The number of methoxy groups -OCH3 is 1. The first-order valence-corrected chi connectivity index (χ1v) is 12.6. The maximum atomic E-state index is 13.6. The maximum absolute atomic E-state index is 13.6. The van der Waals surface area contributed by atoms with Gasteiger partial charge in [0.15, 0.2) is 0 Å². The Balaban J connectivity index is 1.93. The molecule has 0 saturated heterocycles. The Morgan fingerprint density at radius 1 is 0.941 bits per heavy atom. The fourth-order valence-electron chi connectivity index (χ4n) is 3.60. The number of hydrogen-bond acceptors (Lipinski definition) is 4. The van der Waals surface area contributed by atoms with E-state index in [0.717, 1.165) is 16.7 Å². The van der Waals surface area contributed by atoms with Crippen LogP contribution in [0.3, 0.4) is 0 Å². The van der Waals surface area contributed by atoms with Crippen LogP contribution in [0.1, 0.15) is 36.5 Å². The highest BCUT2D eigenvalue weighted by molar-refractivity contribution is 7.92. The second-order valence-corrected chi connectivity index (χ2v) is 10.5. The topological polar surface area (TPSA) is 66.9 Å². The minimum atomic E-state index is -3.96. The van der Waals surface area contributed by atoms with Crippen LogP contribution in [-0.4, -0.2) is 39.9 Å². The zero-order valence-corrected chi connectivity index (χ0v) is 21.2. The van der Waals surface area contributed by atoms with Gasteiger partial charge in [-0.1, -0.05) is 61.9 Å². The van der Waals surface area contributed by atoms with Crippen LogP contribution in [0.5, 0.6) is 5.75 Å². The molecule has 3 rings (SSSR count). The largest absolute Gasteiger partial charge is 0.496 e. The van der Waals surface area contributed by atoms with Crippen LogP contribution < -0.4 is 9.04 Å². The van der Waals surface area contributed by atoms with E-state index in [1.54, 1.807) is 50.6 Å². The van der Waals surface area contributed by atoms with Gasteiger partial charge in [-0.2, -0.15) is 0 Å². The monoisotopic (exact) mass is 480 g/mol. The summed E-state index contributed by atoms with van der Waals surface area (Å²) < 4.78 is 33.8. The van der Waals surface area contributed by atoms with E-state index >= 15 is 0 Å². The number of carbonyl (C=O) groups excluding carboxylic acids is 1. The molecule has 0 heterocycles. The molecule has 180 valence electrons. The summed E-state index contributed by atoms with van der Waals surface area (Å²) in [5, 5.41) is 0. The molecule has 0 saturated carbocycles. The molecule has 7 heteroatoms. The highest BCUT2D eigenvalue weighted by Crippen LogP contribution is 2.27. The van der Waals surface area contributed by atoms with Gasteiger partial charge in [0.05, 0.1) is 17.7 Å². The Kier molecular flexibility index (Phi) is 7.99. The van der Waals surface area contributed by atoms with Crippen molar-refractivity contribution < 1.29 is 17.9 Å². The zero-order chi connectivity index (χ0) is 24.9. The van der Waals surface area contributed by atoms with E-state index in [1.807, 2.05) is 43.3 Å². The molecule has 0 atom stereocenters. The Morgan fingerprint density at radius 2 is 1.56 bits per heavy atom. The molecule has 0 N–H and O–H groups in total. The Bertz CT molecular complexity index is 1220. The smallest absolute Gasteiger partial charge is 0.264 e. The third-order valence-electron chi connectivity index (χ3n) is 5.76. The quantitative estimate of drug-likeness (QED) is 0.433. The summed E-state index contributed by atoms with van der Waals surface area (Å²) in [5.41, 5.74) is 3.34. The third-order valence-corrected chi connectivity index (χ3v) is 7.55. The summed E-state index contributed by atoms with van der Waals surface area (Å²) in [4.78, 5) is 14.9. The second kappa shape index (κ2) is 10.7. The summed E-state index contributed by atoms with van der Waals surface area (Å²) in [6.45, 7) is 6.03. The molecule has 0 spiro atoms. The highest BCUT2D eigenvalue weighted by Gasteiger charge is 2.28. The SMILES string of the molecule is COc1ccccc1CN(C)C(=O)CN(c1ccc(C(C)C)cc1)S(=O)(=O)c1ccc(C)cc1. The molecule has 3 aromatic carbocycles. The van der Waals surface area contributed by atoms with Crippen molar-refractivity contribution in [3.05, 3.63) is 89.5 Å². The van der Waals surface area contributed by atoms with Gasteiger partial charge in [-0.3, -0.25) is 9.10 Å². The third kappa shape index (κ3) is 5.78. The van der Waals surface area contributed by atoms with Crippen molar-refractivity contribution in [2.24, 2.45) is 0 Å². The maximum Gasteiger partial charge on any atom is 0.264 e. The lowest BCUT2D eigenvalue weighted by Crippen LogP contribution is -2.41. The van der Waals surface area contributed by atoms with Crippen LogP contribution >= 0.6 is 0 Å². The molecule has 6 nitrogen and oxygen atoms in total. The minimum Gasteiger partial charge on any atom is -0.496 e. The molecule has 0 radical (unpaired) electrons. The number of anilines is 1. The Labute approximate surface area is 202 Å². The van der Waals surface area contributed by atoms with Crippen LogP contribution in [0, 0.1) is 6.92 Å². The number of amides is 1. The van der Waals surface area contributed by atoms with E-state index in [0.29, 0.717) is 23.9 Å². The van der Waals surface area contributed by atoms with Crippen molar-refractivity contribution in [3.63, 3.8) is 0 Å². The van der Waals surface area contributed by atoms with Gasteiger partial charge < -0.3 is 9.64 Å². The van der Waals surface area contributed by atoms with Crippen LogP contribution in [0.15, 0.2) is 77.7 Å². The van der Waals surface area contributed by atoms with E-state index in [1.165, 1.54) is 9.21 Å². The first-order valence-electron chi connectivity index (χ1n) is 11.2. The average molecular weight is 481 g/mol. The fraction of sp³-hybridized carbons (Fsp3) is 0.296. The van der Waals surface area contributed by atoms with Gasteiger partial charge >= 0.3 is 0 Å². The summed E-state index contributed by atoms with van der Waals surface area (Å²) in [5.74, 6) is 0.662. The van der Waals surface area contributed by atoms with E-state index in [-0.39, 0.29) is 17.3 Å². The number of hydrogen-bond donors (Lipinski definition) is 0. The first kappa shape index (κ1) is 25.3. The predicted octanol–water partition coefficient (Wildman–Crippen LogP) is 4.98. The van der Waals surface area contributed by atoms with Crippen molar-refractivity contribution in [1.82, 2.24) is 4.90 Å². The number of ether oxygens (including phenoxy) is 1. The molecule has 0 aliphatic carbocycles. The van der Waals surface area contributed by atoms with Crippen molar-refractivity contribution in [3.8, 4) is 5.75 Å². The normalized spacial score (nSPS) is 11.4. The number of aryl methyl sites for hydroxylation is 1. The first-order chi connectivity index (χ1) is 16.1. The van der Waals surface area contributed by atoms with Gasteiger partial charge in [0.2, 0.25) is 5.91 Å². The van der Waals surface area contributed by atoms with Crippen molar-refractivity contribution >= 4 is 21.6 Å². The van der Waals surface area contributed by atoms with Crippen molar-refractivity contribution in [1.29, 1.82) is 0 Å². The lowest BCUT2D eigenvalue weighted by Gasteiger charge is -2.27. The Hall–Kier alpha value is -3.32. The van der Waals surface area contributed by atoms with E-state index in [9.17, 15) is 13.2 Å². The number of carbonyl (C=O) groups is 1. The van der Waals surface area contributed by atoms with E-state index in [2.05, 4.69) is 13.8 Å². The molecular formula is C27H32N2O4S. The number of benzene rings is 3. The summed E-state index contributed by atoms with van der Waals surface area (Å²) in [7, 11) is -0.716. The van der Waals surface area contributed by atoms with E-state index in [4.69, 9.17) is 4.74 Å². The van der Waals surface area contributed by atoms with Crippen LogP contribution in [-0.2, 0) is 21.4 Å². The van der Waals surface area contributed by atoms with Crippen LogP contribution in [0.2, 0.25) is 0 Å². The van der Waals surface area contributed by atoms with Gasteiger partial charge in [0.25, 0.3) is 10.0 Å². The van der Waals surface area contributed by atoms with Crippen molar-refractivity contribution in [2.45, 2.75) is 38.1 Å². The number of nitrogens with zero attached hydrogens (tertiary/aromatic N) is 2. The molecule has 0 aliphatic heterocycles. The highest BCUT2D eigenvalue weighted by atomic mass is 32.2. The molecule has 3 aromatic rings. The summed E-state index contributed by atoms with van der Waals surface area (Å²) in [6, 6.07) is 21.4. The molecule has 0 aliphatic rings. The van der Waals surface area contributed by atoms with Gasteiger partial charge in [0, 0.05) is 19.2 Å². The molecule has 0 bridgehead atoms. The summed E-state index contributed by atoms with van der Waals surface area (Å²) in [6.07, 6.45) is 0. The molecular weight excluding hydrogens is 448 g/mol. The van der Waals surface area contributed by atoms with Crippen LogP contribution in [0.25, 0.3) is 0 Å². The van der Waals surface area contributed by atoms with Gasteiger partial charge in [-0.15, -0.1) is 0 Å². The molecule has 34 heavy (non-hydrogen) atoms. The number of sulfonamides is 1. The average Bonchev–Trinajstić information content (AvgIpc) is 2.83. The second-order valence-electron chi connectivity index (χ2n) is 8.63. The molecule has 0 aromatic heterocycles. The molecule has 0 fully saturated rings. The van der Waals surface area contributed by atoms with Crippen LogP contribution in [0.4, 0.5) is 5.69 Å². The number of likely N-dealkylation sites (N-methyl/N-ethyl adjacent to an activating group) is 1. The number of para-hydroxylation sites is 1. The number of rotatable bonds is 9. The molecule has 1 amide bonds. The summed E-state index contributed by atoms with van der Waals surface area (Å²) >= 11 is 0. The fourth-order valence-corrected chi connectivity index (χ4v) is 5.01.